The van der Waals surface area contributed by atoms with Gasteiger partial charge < -0.3 is 19.9 Å². The molecule has 1 fully saturated rings. The van der Waals surface area contributed by atoms with Crippen molar-refractivity contribution in [3.63, 3.8) is 0 Å². The van der Waals surface area contributed by atoms with Gasteiger partial charge in [-0.05, 0) is 18.2 Å². The number of aromatic nitrogens is 2. The number of nitrogens with one attached hydrogen (secondary N) is 1. The van der Waals surface area contributed by atoms with Crippen LogP contribution in [0.25, 0.3) is 0 Å². The van der Waals surface area contributed by atoms with Crippen LogP contribution in [0.4, 0.5) is 17.3 Å². The summed E-state index contributed by atoms with van der Waals surface area (Å²) in [6.45, 7) is 2.81. The number of ether oxygens (including phenoxy) is 1. The number of piperazine rings is 1. The number of esters is 1. The molecule has 8 heteroatoms. The van der Waals surface area contributed by atoms with Crippen LogP contribution in [-0.4, -0.2) is 60.5 Å². The zero-order valence-electron chi connectivity index (χ0n) is 13.9. The lowest BCUT2D eigenvalue weighted by atomic mass is 10.2. The molecule has 25 heavy (non-hydrogen) atoms. The van der Waals surface area contributed by atoms with Crippen LogP contribution in [0.1, 0.15) is 10.4 Å². The zero-order valence-corrected chi connectivity index (χ0v) is 13.9. The van der Waals surface area contributed by atoms with E-state index in [1.54, 1.807) is 23.1 Å². The summed E-state index contributed by atoms with van der Waals surface area (Å²) in [5, 5.41) is 3.17. The number of hydrogen-bond donors (Lipinski definition) is 1. The molecule has 0 atom stereocenters. The molecule has 0 aliphatic carbocycles. The van der Waals surface area contributed by atoms with Gasteiger partial charge in [-0.3, -0.25) is 4.79 Å². The van der Waals surface area contributed by atoms with Gasteiger partial charge in [0, 0.05) is 37.9 Å². The maximum atomic E-state index is 11.6. The highest BCUT2D eigenvalue weighted by Gasteiger charge is 2.17. The molecular weight excluding hydrogens is 322 g/mol. The van der Waals surface area contributed by atoms with Gasteiger partial charge in [0.25, 0.3) is 0 Å². The minimum Gasteiger partial charge on any atom is -0.465 e. The second-order valence-electron chi connectivity index (χ2n) is 5.59. The summed E-state index contributed by atoms with van der Waals surface area (Å²) in [4.78, 5) is 34.8. The average Bonchev–Trinajstić information content (AvgIpc) is 2.68. The predicted molar refractivity (Wildman–Crippen MR) is 92.9 cm³/mol. The molecular formula is C17H19N5O3. The van der Waals surface area contributed by atoms with E-state index < -0.39 is 0 Å². The Kier molecular flexibility index (Phi) is 5.08. The van der Waals surface area contributed by atoms with Crippen molar-refractivity contribution in [1.82, 2.24) is 14.9 Å². The predicted octanol–water partition coefficient (Wildman–Crippen LogP) is 1.29. The molecule has 8 nitrogen and oxygen atoms in total. The first kappa shape index (κ1) is 16.7. The van der Waals surface area contributed by atoms with E-state index >= 15 is 0 Å². The van der Waals surface area contributed by atoms with Crippen LogP contribution >= 0.6 is 0 Å². The molecule has 2 aromatic rings. The lowest BCUT2D eigenvalue weighted by Crippen LogP contribution is -2.46. The minimum absolute atomic E-state index is 0.389. The number of carbonyl (C=O) groups is 2. The highest BCUT2D eigenvalue weighted by molar-refractivity contribution is 5.90. The minimum atomic E-state index is -0.389. The van der Waals surface area contributed by atoms with Crippen molar-refractivity contribution in [3.8, 4) is 0 Å². The quantitative estimate of drug-likeness (QED) is 0.647. The Labute approximate surface area is 145 Å². The third-order valence-corrected chi connectivity index (χ3v) is 4.00. The number of benzene rings is 1. The fourth-order valence-corrected chi connectivity index (χ4v) is 2.63. The molecule has 3 rings (SSSR count). The molecule has 0 saturated carbocycles. The van der Waals surface area contributed by atoms with Gasteiger partial charge in [-0.15, -0.1) is 0 Å². The van der Waals surface area contributed by atoms with E-state index in [9.17, 15) is 9.59 Å². The largest absolute Gasteiger partial charge is 0.465 e. The summed E-state index contributed by atoms with van der Waals surface area (Å²) < 4.78 is 4.73. The number of anilines is 3. The molecule has 1 amide bonds. The van der Waals surface area contributed by atoms with Gasteiger partial charge >= 0.3 is 5.97 Å². The van der Waals surface area contributed by atoms with Crippen molar-refractivity contribution in [2.75, 3.05) is 43.5 Å². The molecule has 2 heterocycles. The van der Waals surface area contributed by atoms with E-state index in [1.807, 2.05) is 12.1 Å². The van der Waals surface area contributed by atoms with Crippen molar-refractivity contribution < 1.29 is 14.3 Å². The lowest BCUT2D eigenvalue weighted by Gasteiger charge is -2.33. The standard InChI is InChI=1S/C17H19N5O3/c1-25-17(24)13-3-2-4-14(9-13)20-15-10-16(19-11-18-15)22-7-5-21(12-23)6-8-22/h2-4,9-12H,5-8H2,1H3,(H,18,19,20). The summed E-state index contributed by atoms with van der Waals surface area (Å²) >= 11 is 0. The van der Waals surface area contributed by atoms with Crippen LogP contribution in [0.2, 0.25) is 0 Å². The first-order chi connectivity index (χ1) is 12.2. The lowest BCUT2D eigenvalue weighted by molar-refractivity contribution is -0.118. The smallest absolute Gasteiger partial charge is 0.337 e. The maximum absolute atomic E-state index is 11.6. The highest BCUT2D eigenvalue weighted by atomic mass is 16.5. The van der Waals surface area contributed by atoms with E-state index in [0.29, 0.717) is 24.5 Å². The van der Waals surface area contributed by atoms with E-state index in [0.717, 1.165) is 31.0 Å². The SMILES string of the molecule is COC(=O)c1cccc(Nc2cc(N3CCN(C=O)CC3)ncn2)c1. The zero-order chi connectivity index (χ0) is 17.6. The number of carbonyl (C=O) groups excluding carboxylic acids is 2. The van der Waals surface area contributed by atoms with Crippen molar-refractivity contribution in [2.45, 2.75) is 0 Å². The normalized spacial score (nSPS) is 14.1. The summed E-state index contributed by atoms with van der Waals surface area (Å²) in [6.07, 6.45) is 2.37. The fourth-order valence-electron chi connectivity index (χ4n) is 2.63. The molecule has 1 aromatic heterocycles. The van der Waals surface area contributed by atoms with Gasteiger partial charge in [0.1, 0.15) is 18.0 Å². The number of methoxy groups -OCH3 is 1. The Morgan fingerprint density at radius 2 is 2.00 bits per heavy atom. The first-order valence-electron chi connectivity index (χ1n) is 7.91. The van der Waals surface area contributed by atoms with Crippen LogP contribution in [-0.2, 0) is 9.53 Å². The third-order valence-electron chi connectivity index (χ3n) is 4.00. The fraction of sp³-hybridized carbons (Fsp3) is 0.294. The van der Waals surface area contributed by atoms with Crippen molar-refractivity contribution in [1.29, 1.82) is 0 Å². The molecule has 1 aliphatic heterocycles. The van der Waals surface area contributed by atoms with Crippen LogP contribution in [0, 0.1) is 0 Å². The molecule has 1 aromatic carbocycles. The van der Waals surface area contributed by atoms with Crippen LogP contribution < -0.4 is 10.2 Å². The second-order valence-corrected chi connectivity index (χ2v) is 5.59. The molecule has 1 N–H and O–H groups in total. The maximum Gasteiger partial charge on any atom is 0.337 e. The molecule has 0 unspecified atom stereocenters. The van der Waals surface area contributed by atoms with Crippen LogP contribution in [0.3, 0.4) is 0 Å². The number of hydrogen-bond acceptors (Lipinski definition) is 7. The second kappa shape index (κ2) is 7.61. The van der Waals surface area contributed by atoms with Gasteiger partial charge in [-0.2, -0.15) is 0 Å². The van der Waals surface area contributed by atoms with E-state index in [2.05, 4.69) is 20.2 Å². The van der Waals surface area contributed by atoms with Gasteiger partial charge in [0.05, 0.1) is 12.7 Å². The van der Waals surface area contributed by atoms with Crippen molar-refractivity contribution >= 4 is 29.7 Å². The number of amides is 1. The monoisotopic (exact) mass is 341 g/mol. The third kappa shape index (κ3) is 4.03. The van der Waals surface area contributed by atoms with Gasteiger partial charge in [-0.25, -0.2) is 14.8 Å². The summed E-state index contributed by atoms with van der Waals surface area (Å²) in [5.41, 5.74) is 1.20. The molecule has 130 valence electrons. The van der Waals surface area contributed by atoms with Crippen molar-refractivity contribution in [2.24, 2.45) is 0 Å². The Balaban J connectivity index is 1.72. The molecule has 0 spiro atoms. The highest BCUT2D eigenvalue weighted by Crippen LogP contribution is 2.20. The Morgan fingerprint density at radius 1 is 1.20 bits per heavy atom. The Bertz CT molecular complexity index is 759. The van der Waals surface area contributed by atoms with Crippen molar-refractivity contribution in [3.05, 3.63) is 42.2 Å². The first-order valence-corrected chi connectivity index (χ1v) is 7.91. The molecule has 0 radical (unpaired) electrons. The number of nitrogens with zero attached hydrogens (tertiary/aromatic N) is 4. The molecule has 1 saturated heterocycles. The van der Waals surface area contributed by atoms with Gasteiger partial charge in [0.2, 0.25) is 6.41 Å². The van der Waals surface area contributed by atoms with E-state index in [4.69, 9.17) is 4.74 Å². The van der Waals surface area contributed by atoms with E-state index in [1.165, 1.54) is 13.4 Å². The van der Waals surface area contributed by atoms with Crippen LogP contribution in [0.15, 0.2) is 36.7 Å². The summed E-state index contributed by atoms with van der Waals surface area (Å²) in [5.74, 6) is 1.04. The topological polar surface area (TPSA) is 87.7 Å². The van der Waals surface area contributed by atoms with Gasteiger partial charge in [0.15, 0.2) is 0 Å². The van der Waals surface area contributed by atoms with Gasteiger partial charge in [-0.1, -0.05) is 6.07 Å². The molecule has 0 bridgehead atoms. The molecule has 1 aliphatic rings. The summed E-state index contributed by atoms with van der Waals surface area (Å²) in [7, 11) is 1.35. The Hall–Kier alpha value is -3.16. The average molecular weight is 341 g/mol. The number of rotatable bonds is 5. The summed E-state index contributed by atoms with van der Waals surface area (Å²) in [6, 6.07) is 8.86. The Morgan fingerprint density at radius 3 is 2.72 bits per heavy atom. The van der Waals surface area contributed by atoms with E-state index in [-0.39, 0.29) is 5.97 Å². The van der Waals surface area contributed by atoms with Crippen LogP contribution in [0.5, 0.6) is 0 Å².